The average Bonchev–Trinajstić information content (AvgIpc) is 2.94. The van der Waals surface area contributed by atoms with Crippen LogP contribution in [0.5, 0.6) is 0 Å². The molecule has 1 saturated heterocycles. The fraction of sp³-hybridized carbons (Fsp3) is 0.344. The molecule has 5 rings (SSSR count). The molecule has 1 aliphatic carbocycles. The van der Waals surface area contributed by atoms with E-state index in [0.29, 0.717) is 5.56 Å². The van der Waals surface area contributed by atoms with Gasteiger partial charge in [0.2, 0.25) is 0 Å². The van der Waals surface area contributed by atoms with Gasteiger partial charge in [0.05, 0.1) is 12.2 Å². The third kappa shape index (κ3) is 6.37. The minimum atomic E-state index is -0.394. The van der Waals surface area contributed by atoms with Gasteiger partial charge >= 0.3 is 6.09 Å². The number of hydrogen-bond donors (Lipinski definition) is 1. The molecule has 1 saturated carbocycles. The number of aldehydes is 1. The zero-order valence-electron chi connectivity index (χ0n) is 22.3. The Morgan fingerprint density at radius 1 is 0.974 bits per heavy atom. The number of piperidine rings is 1. The molecule has 0 radical (unpaired) electrons. The monoisotopic (exact) mass is 525 g/mol. The summed E-state index contributed by atoms with van der Waals surface area (Å²) in [4.78, 5) is 39.5. The van der Waals surface area contributed by atoms with Crippen LogP contribution in [0, 0.1) is 5.41 Å². The van der Waals surface area contributed by atoms with E-state index in [1.165, 1.54) is 10.5 Å². The van der Waals surface area contributed by atoms with Crippen molar-refractivity contribution in [1.29, 1.82) is 0 Å². The van der Waals surface area contributed by atoms with E-state index >= 15 is 0 Å². The minimum absolute atomic E-state index is 0.0390. The van der Waals surface area contributed by atoms with Crippen LogP contribution in [0.2, 0.25) is 0 Å². The molecule has 2 amide bonds. The number of rotatable bonds is 8. The predicted molar refractivity (Wildman–Crippen MR) is 151 cm³/mol. The lowest BCUT2D eigenvalue weighted by Crippen LogP contribution is -2.50. The van der Waals surface area contributed by atoms with Gasteiger partial charge in [0.1, 0.15) is 12.4 Å². The first-order valence-corrected chi connectivity index (χ1v) is 13.6. The number of carbonyl (C=O) groups is 3. The maximum atomic E-state index is 12.7. The number of ether oxygens (including phenoxy) is 1. The van der Waals surface area contributed by atoms with Crippen molar-refractivity contribution in [2.24, 2.45) is 5.41 Å². The van der Waals surface area contributed by atoms with Gasteiger partial charge in [-0.3, -0.25) is 15.0 Å². The molecule has 0 bridgehead atoms. The molecule has 202 valence electrons. The van der Waals surface area contributed by atoms with Gasteiger partial charge in [0, 0.05) is 24.7 Å². The van der Waals surface area contributed by atoms with Gasteiger partial charge in [0.15, 0.2) is 0 Å². The Kier molecular flexibility index (Phi) is 8.07. The maximum absolute atomic E-state index is 12.7. The Balaban J connectivity index is 1.06. The molecule has 3 aromatic rings. The third-order valence-corrected chi connectivity index (χ3v) is 8.06. The van der Waals surface area contributed by atoms with Gasteiger partial charge < -0.3 is 14.4 Å². The van der Waals surface area contributed by atoms with Crippen LogP contribution in [0.15, 0.2) is 78.9 Å². The number of amides is 2. The van der Waals surface area contributed by atoms with Crippen LogP contribution in [-0.2, 0) is 16.1 Å². The van der Waals surface area contributed by atoms with E-state index in [2.05, 4.69) is 10.2 Å². The second-order valence-corrected chi connectivity index (χ2v) is 10.8. The van der Waals surface area contributed by atoms with Crippen LogP contribution in [0.1, 0.15) is 41.6 Å². The van der Waals surface area contributed by atoms with Crippen LogP contribution < -0.4 is 5.32 Å². The summed E-state index contributed by atoms with van der Waals surface area (Å²) in [6.07, 6.45) is 4.32. The summed E-state index contributed by atoms with van der Waals surface area (Å²) in [5.41, 5.74) is 4.80. The summed E-state index contributed by atoms with van der Waals surface area (Å²) in [6.45, 7) is 2.95. The molecular weight excluding hydrogens is 490 g/mol. The summed E-state index contributed by atoms with van der Waals surface area (Å²) in [6, 6.07) is 25.4. The van der Waals surface area contributed by atoms with Crippen LogP contribution in [-0.4, -0.2) is 60.9 Å². The van der Waals surface area contributed by atoms with Crippen molar-refractivity contribution in [1.82, 2.24) is 9.80 Å². The number of benzene rings is 3. The maximum Gasteiger partial charge on any atom is 0.411 e. The second-order valence-electron chi connectivity index (χ2n) is 10.8. The number of carbonyl (C=O) groups excluding carboxylic acids is 3. The predicted octanol–water partition coefficient (Wildman–Crippen LogP) is 5.62. The van der Waals surface area contributed by atoms with Crippen molar-refractivity contribution >= 4 is 24.0 Å². The first-order chi connectivity index (χ1) is 18.9. The number of anilines is 1. The molecule has 2 fully saturated rings. The van der Waals surface area contributed by atoms with E-state index in [9.17, 15) is 14.4 Å². The number of nitrogens with one attached hydrogen (secondary N) is 1. The van der Waals surface area contributed by atoms with Crippen molar-refractivity contribution in [3.8, 4) is 11.1 Å². The molecule has 0 atom stereocenters. The van der Waals surface area contributed by atoms with Gasteiger partial charge in [0.25, 0.3) is 5.91 Å². The van der Waals surface area contributed by atoms with E-state index in [1.807, 2.05) is 78.9 Å². The highest BCUT2D eigenvalue weighted by Crippen LogP contribution is 2.50. The van der Waals surface area contributed by atoms with Crippen molar-refractivity contribution < 1.29 is 19.1 Å². The molecule has 2 aliphatic rings. The van der Waals surface area contributed by atoms with Crippen LogP contribution >= 0.6 is 0 Å². The molecule has 0 unspecified atom stereocenters. The highest BCUT2D eigenvalue weighted by Gasteiger charge is 2.47. The standard InChI is InChI=1S/C32H35N3O4/c1-34(19-20-36)30(37)26-13-11-24(12-14-26)23-35-17-15-32(16-18-35)21-27(22-32)39-31(38)33-29-10-6-5-9-28(29)25-7-3-2-4-8-25/h2-14,20,27H,15-19,21-23H2,1H3,(H,33,38). The van der Waals surface area contributed by atoms with Crippen LogP contribution in [0.3, 0.4) is 0 Å². The highest BCUT2D eigenvalue weighted by molar-refractivity contribution is 5.95. The Morgan fingerprint density at radius 3 is 2.33 bits per heavy atom. The lowest BCUT2D eigenvalue weighted by atomic mass is 9.61. The number of hydrogen-bond acceptors (Lipinski definition) is 5. The average molecular weight is 526 g/mol. The van der Waals surface area contributed by atoms with Crippen LogP contribution in [0.4, 0.5) is 10.5 Å². The Morgan fingerprint density at radius 2 is 1.64 bits per heavy atom. The van der Waals surface area contributed by atoms with Gasteiger partial charge in [-0.05, 0) is 73.5 Å². The van der Waals surface area contributed by atoms with E-state index in [0.717, 1.165) is 68.4 Å². The van der Waals surface area contributed by atoms with Crippen molar-refractivity contribution in [2.45, 2.75) is 38.3 Å². The van der Waals surface area contributed by atoms with E-state index in [-0.39, 0.29) is 24.0 Å². The summed E-state index contributed by atoms with van der Waals surface area (Å²) in [5, 5.41) is 2.95. The fourth-order valence-corrected chi connectivity index (χ4v) is 5.76. The number of likely N-dealkylation sites (tertiary alicyclic amines) is 1. The topological polar surface area (TPSA) is 79.0 Å². The molecular formula is C32H35N3O4. The van der Waals surface area contributed by atoms with Crippen molar-refractivity contribution in [3.63, 3.8) is 0 Å². The summed E-state index contributed by atoms with van der Waals surface area (Å²) < 4.78 is 5.78. The summed E-state index contributed by atoms with van der Waals surface area (Å²) >= 11 is 0. The molecule has 3 aromatic carbocycles. The molecule has 1 spiro atoms. The normalized spacial score (nSPS) is 16.7. The lowest BCUT2D eigenvalue weighted by molar-refractivity contribution is -0.108. The fourth-order valence-electron chi connectivity index (χ4n) is 5.76. The van der Waals surface area contributed by atoms with Gasteiger partial charge in [-0.2, -0.15) is 0 Å². The molecule has 1 N–H and O–H groups in total. The van der Waals surface area contributed by atoms with E-state index < -0.39 is 6.09 Å². The minimum Gasteiger partial charge on any atom is -0.446 e. The molecule has 7 nitrogen and oxygen atoms in total. The SMILES string of the molecule is CN(CC=O)C(=O)c1ccc(CN2CCC3(CC2)CC(OC(=O)Nc2ccccc2-c2ccccc2)C3)cc1. The Bertz CT molecular complexity index is 1290. The second kappa shape index (κ2) is 11.8. The lowest BCUT2D eigenvalue weighted by Gasteiger charge is -2.51. The molecule has 39 heavy (non-hydrogen) atoms. The van der Waals surface area contributed by atoms with Gasteiger partial charge in [-0.25, -0.2) is 4.79 Å². The molecule has 0 aromatic heterocycles. The van der Waals surface area contributed by atoms with Crippen molar-refractivity contribution in [3.05, 3.63) is 90.0 Å². The van der Waals surface area contributed by atoms with Gasteiger partial charge in [-0.1, -0.05) is 60.7 Å². The summed E-state index contributed by atoms with van der Waals surface area (Å²) in [7, 11) is 1.63. The number of likely N-dealkylation sites (N-methyl/N-ethyl adjacent to an activating group) is 1. The van der Waals surface area contributed by atoms with Crippen LogP contribution in [0.25, 0.3) is 11.1 Å². The van der Waals surface area contributed by atoms with Crippen molar-refractivity contribution in [2.75, 3.05) is 32.0 Å². The van der Waals surface area contributed by atoms with E-state index in [1.54, 1.807) is 7.05 Å². The zero-order valence-corrected chi connectivity index (χ0v) is 22.3. The first kappa shape index (κ1) is 26.6. The molecule has 7 heteroatoms. The molecule has 1 aliphatic heterocycles. The first-order valence-electron chi connectivity index (χ1n) is 13.6. The molecule has 1 heterocycles. The third-order valence-electron chi connectivity index (χ3n) is 8.06. The highest BCUT2D eigenvalue weighted by atomic mass is 16.6. The summed E-state index contributed by atoms with van der Waals surface area (Å²) in [5.74, 6) is -0.149. The zero-order chi connectivity index (χ0) is 27.2. The largest absolute Gasteiger partial charge is 0.446 e. The van der Waals surface area contributed by atoms with Gasteiger partial charge in [-0.15, -0.1) is 0 Å². The smallest absolute Gasteiger partial charge is 0.411 e. The Labute approximate surface area is 229 Å². The van der Waals surface area contributed by atoms with E-state index in [4.69, 9.17) is 4.74 Å². The number of para-hydroxylation sites is 1. The quantitative estimate of drug-likeness (QED) is 0.387. The Hall–Kier alpha value is -3.97. The number of nitrogens with zero attached hydrogens (tertiary/aromatic N) is 2.